The second-order valence-corrected chi connectivity index (χ2v) is 11.3. The number of halogens is 2. The number of benzene rings is 2. The maximum absolute atomic E-state index is 16.9. The molecule has 1 aliphatic rings. The molecule has 2 aromatic carbocycles. The molecule has 4 heterocycles. The minimum absolute atomic E-state index is 0.00203. The third-order valence-electron chi connectivity index (χ3n) is 7.95. The molecule has 1 saturated heterocycles. The number of hydrogen-bond donors (Lipinski definition) is 2. The molecular weight excluding hydrogens is 585 g/mol. The molecule has 1 amide bonds. The van der Waals surface area contributed by atoms with E-state index < -0.39 is 5.82 Å². The van der Waals surface area contributed by atoms with Crippen molar-refractivity contribution in [2.75, 3.05) is 30.3 Å². The number of aryl methyl sites for hydroxylation is 1. The summed E-state index contributed by atoms with van der Waals surface area (Å²) in [6, 6.07) is 6.78. The standard InChI is InChI=1S/C31H31ClFN9O2/c1-5-23(43)41-14-18(4)42(15-17(41)3)30-19-13-20(32)25(24-16(2)7-8-21-26(24)29(34)40-39-21)27(33)28(19)37-31(38-30)44-12-9-22-35-10-6-11-36-22/h5-8,10-11,13,17-18H,1,9,12,14-15H2,2-4H3,(H3,34,39,40)/t17-,18+/m1/s1. The molecule has 5 aromatic rings. The summed E-state index contributed by atoms with van der Waals surface area (Å²) in [5.41, 5.74) is 8.37. The predicted octanol–water partition coefficient (Wildman–Crippen LogP) is 4.88. The van der Waals surface area contributed by atoms with Crippen LogP contribution >= 0.6 is 11.6 Å². The molecule has 0 radical (unpaired) electrons. The van der Waals surface area contributed by atoms with Crippen molar-refractivity contribution in [3.63, 3.8) is 0 Å². The van der Waals surface area contributed by atoms with Crippen molar-refractivity contribution in [2.45, 2.75) is 39.3 Å². The van der Waals surface area contributed by atoms with Crippen LogP contribution in [0, 0.1) is 12.7 Å². The molecule has 1 fully saturated rings. The zero-order chi connectivity index (χ0) is 31.1. The van der Waals surface area contributed by atoms with E-state index in [4.69, 9.17) is 27.1 Å². The highest BCUT2D eigenvalue weighted by Gasteiger charge is 2.34. The minimum Gasteiger partial charge on any atom is -0.463 e. The monoisotopic (exact) mass is 615 g/mol. The van der Waals surface area contributed by atoms with Crippen LogP contribution in [0.5, 0.6) is 6.01 Å². The molecule has 1 aliphatic heterocycles. The number of ether oxygens (including phenoxy) is 1. The minimum atomic E-state index is -0.634. The van der Waals surface area contributed by atoms with Crippen LogP contribution in [0.15, 0.2) is 49.3 Å². The van der Waals surface area contributed by atoms with E-state index in [9.17, 15) is 4.79 Å². The van der Waals surface area contributed by atoms with Crippen molar-refractivity contribution in [1.82, 2.24) is 35.0 Å². The maximum atomic E-state index is 16.9. The van der Waals surface area contributed by atoms with E-state index in [1.807, 2.05) is 37.8 Å². The molecule has 3 aromatic heterocycles. The Kier molecular flexibility index (Phi) is 7.76. The zero-order valence-corrected chi connectivity index (χ0v) is 25.3. The Labute approximate surface area is 257 Å². The van der Waals surface area contributed by atoms with E-state index >= 15 is 4.39 Å². The molecule has 0 aliphatic carbocycles. The van der Waals surface area contributed by atoms with E-state index in [2.05, 4.69) is 31.7 Å². The first-order valence-electron chi connectivity index (χ1n) is 14.2. The summed E-state index contributed by atoms with van der Waals surface area (Å²) in [6.45, 7) is 10.5. The fourth-order valence-electron chi connectivity index (χ4n) is 5.78. The Balaban J connectivity index is 1.50. The van der Waals surface area contributed by atoms with E-state index in [0.29, 0.717) is 53.0 Å². The molecule has 6 rings (SSSR count). The lowest BCUT2D eigenvalue weighted by atomic mass is 9.94. The van der Waals surface area contributed by atoms with Crippen molar-refractivity contribution in [1.29, 1.82) is 0 Å². The summed E-state index contributed by atoms with van der Waals surface area (Å²) in [5, 5.41) is 8.18. The number of anilines is 2. The number of aromatic amines is 1. The van der Waals surface area contributed by atoms with Gasteiger partial charge >= 0.3 is 6.01 Å². The molecule has 0 spiro atoms. The van der Waals surface area contributed by atoms with Crippen LogP contribution in [0.25, 0.3) is 32.9 Å². The second-order valence-electron chi connectivity index (χ2n) is 10.9. The van der Waals surface area contributed by atoms with Crippen molar-refractivity contribution in [3.8, 4) is 17.1 Å². The van der Waals surface area contributed by atoms with Crippen LogP contribution in [0.4, 0.5) is 16.0 Å². The Morgan fingerprint density at radius 2 is 1.98 bits per heavy atom. The van der Waals surface area contributed by atoms with Crippen molar-refractivity contribution >= 4 is 50.9 Å². The molecule has 0 unspecified atom stereocenters. The Morgan fingerprint density at radius 3 is 2.73 bits per heavy atom. The number of hydrogen-bond acceptors (Lipinski definition) is 9. The van der Waals surface area contributed by atoms with Crippen LogP contribution in [-0.4, -0.2) is 72.7 Å². The van der Waals surface area contributed by atoms with Crippen LogP contribution in [0.1, 0.15) is 25.2 Å². The smallest absolute Gasteiger partial charge is 0.319 e. The lowest BCUT2D eigenvalue weighted by Gasteiger charge is -2.44. The van der Waals surface area contributed by atoms with Gasteiger partial charge in [0.15, 0.2) is 11.6 Å². The summed E-state index contributed by atoms with van der Waals surface area (Å²) in [4.78, 5) is 34.1. The number of nitrogens with one attached hydrogen (secondary N) is 1. The molecule has 0 bridgehead atoms. The van der Waals surface area contributed by atoms with Gasteiger partial charge in [-0.2, -0.15) is 15.1 Å². The van der Waals surface area contributed by atoms with Crippen LogP contribution in [-0.2, 0) is 11.2 Å². The van der Waals surface area contributed by atoms with Gasteiger partial charge in [-0.25, -0.2) is 14.4 Å². The number of nitrogen functional groups attached to an aromatic ring is 1. The lowest BCUT2D eigenvalue weighted by Crippen LogP contribution is -2.58. The SMILES string of the molecule is C=CC(=O)N1C[C@H](C)N(c2nc(OCCc3ncccn3)nc3c(F)c(-c4c(C)ccc5[nH]nc(N)c45)c(Cl)cc23)C[C@H]1C. The van der Waals surface area contributed by atoms with Crippen LogP contribution < -0.4 is 15.4 Å². The fraction of sp³-hybridized carbons (Fsp3) is 0.290. The van der Waals surface area contributed by atoms with Gasteiger partial charge in [-0.3, -0.25) is 9.89 Å². The van der Waals surface area contributed by atoms with Gasteiger partial charge in [-0.15, -0.1) is 0 Å². The quantitative estimate of drug-likeness (QED) is 0.245. The lowest BCUT2D eigenvalue weighted by molar-refractivity contribution is -0.128. The van der Waals surface area contributed by atoms with Gasteiger partial charge in [0.25, 0.3) is 0 Å². The highest BCUT2D eigenvalue weighted by molar-refractivity contribution is 6.35. The van der Waals surface area contributed by atoms with Gasteiger partial charge < -0.3 is 20.3 Å². The molecular formula is C31H31ClFN9O2. The number of rotatable bonds is 7. The number of nitrogens with zero attached hydrogens (tertiary/aromatic N) is 7. The van der Waals surface area contributed by atoms with E-state index in [1.54, 1.807) is 29.4 Å². The topological polar surface area (TPSA) is 139 Å². The molecule has 226 valence electrons. The highest BCUT2D eigenvalue weighted by atomic mass is 35.5. The maximum Gasteiger partial charge on any atom is 0.319 e. The Bertz CT molecular complexity index is 1900. The summed E-state index contributed by atoms with van der Waals surface area (Å²) < 4.78 is 22.8. The number of aromatic nitrogens is 6. The largest absolute Gasteiger partial charge is 0.463 e. The van der Waals surface area contributed by atoms with Gasteiger partial charge in [0.1, 0.15) is 17.2 Å². The van der Waals surface area contributed by atoms with Crippen LogP contribution in [0.3, 0.4) is 0 Å². The Morgan fingerprint density at radius 1 is 1.20 bits per heavy atom. The third kappa shape index (κ3) is 5.15. The molecule has 0 saturated carbocycles. The number of carbonyl (C=O) groups is 1. The predicted molar refractivity (Wildman–Crippen MR) is 168 cm³/mol. The summed E-state index contributed by atoms with van der Waals surface area (Å²) in [7, 11) is 0. The number of carbonyl (C=O) groups excluding carboxylic acids is 1. The first kappa shape index (κ1) is 29.2. The van der Waals surface area contributed by atoms with E-state index in [0.717, 1.165) is 5.56 Å². The number of fused-ring (bicyclic) bond motifs is 2. The third-order valence-corrected chi connectivity index (χ3v) is 8.25. The molecule has 44 heavy (non-hydrogen) atoms. The van der Waals surface area contributed by atoms with Crippen molar-refractivity contribution in [3.05, 3.63) is 71.5 Å². The first-order valence-corrected chi connectivity index (χ1v) is 14.6. The van der Waals surface area contributed by atoms with E-state index in [1.165, 1.54) is 6.08 Å². The second kappa shape index (κ2) is 11.7. The highest BCUT2D eigenvalue weighted by Crippen LogP contribution is 2.43. The molecule has 11 nitrogen and oxygen atoms in total. The molecule has 13 heteroatoms. The van der Waals surface area contributed by atoms with Gasteiger partial charge in [0.05, 0.1) is 22.5 Å². The normalized spacial score (nSPS) is 16.9. The average Bonchev–Trinajstić information content (AvgIpc) is 3.39. The summed E-state index contributed by atoms with van der Waals surface area (Å²) in [6.07, 6.45) is 5.03. The number of amides is 1. The molecule has 2 atom stereocenters. The first-order chi connectivity index (χ1) is 21.2. The summed E-state index contributed by atoms with van der Waals surface area (Å²) >= 11 is 6.89. The number of piperazine rings is 1. The van der Waals surface area contributed by atoms with Gasteiger partial charge in [-0.05, 0) is 50.6 Å². The Hall–Kier alpha value is -4.84. The number of H-pyrrole nitrogens is 1. The summed E-state index contributed by atoms with van der Waals surface area (Å²) in [5.74, 6) is 0.506. The number of nitrogens with two attached hydrogens (primary N) is 1. The molecule has 3 N–H and O–H groups in total. The van der Waals surface area contributed by atoms with Crippen molar-refractivity contribution < 1.29 is 13.9 Å². The fourth-order valence-corrected chi connectivity index (χ4v) is 6.06. The van der Waals surface area contributed by atoms with Crippen LogP contribution in [0.2, 0.25) is 5.02 Å². The van der Waals surface area contributed by atoms with Crippen molar-refractivity contribution in [2.24, 2.45) is 0 Å². The zero-order valence-electron chi connectivity index (χ0n) is 24.5. The van der Waals surface area contributed by atoms with E-state index in [-0.39, 0.29) is 52.5 Å². The van der Waals surface area contributed by atoms with Gasteiger partial charge in [-0.1, -0.05) is 24.2 Å². The van der Waals surface area contributed by atoms with Gasteiger partial charge in [0, 0.05) is 60.5 Å². The van der Waals surface area contributed by atoms with Gasteiger partial charge in [0.2, 0.25) is 5.91 Å². The average molecular weight is 616 g/mol.